The molecule has 0 aliphatic carbocycles. The van der Waals surface area contributed by atoms with E-state index in [9.17, 15) is 15.0 Å². The van der Waals surface area contributed by atoms with E-state index < -0.39 is 0 Å². The van der Waals surface area contributed by atoms with Gasteiger partial charge in [0.1, 0.15) is 11.1 Å². The van der Waals surface area contributed by atoms with Crippen LogP contribution in [0, 0.1) is 6.92 Å². The Kier molecular flexibility index (Phi) is 5.76. The molecule has 1 amide bonds. The summed E-state index contributed by atoms with van der Waals surface area (Å²) in [6.45, 7) is 1.62. The summed E-state index contributed by atoms with van der Waals surface area (Å²) in [6.07, 6.45) is 1.53. The number of thioether (sulfide) groups is 1. The van der Waals surface area contributed by atoms with Crippen LogP contribution >= 0.6 is 11.8 Å². The highest BCUT2D eigenvalue weighted by Gasteiger charge is 2.34. The molecule has 1 fully saturated rings. The van der Waals surface area contributed by atoms with E-state index in [1.807, 2.05) is 18.2 Å². The van der Waals surface area contributed by atoms with Gasteiger partial charge in [-0.1, -0.05) is 6.07 Å². The number of carbonyl (C=O) groups excluding carboxylic acids is 1. The molecule has 1 unspecified atom stereocenters. The van der Waals surface area contributed by atoms with Crippen LogP contribution in [0.4, 0.5) is 0 Å². The number of rotatable bonds is 6. The summed E-state index contributed by atoms with van der Waals surface area (Å²) in [4.78, 5) is 18.3. The Hall–Kier alpha value is -2.45. The summed E-state index contributed by atoms with van der Waals surface area (Å²) in [5, 5.41) is 19.8. The highest BCUT2D eigenvalue weighted by molar-refractivity contribution is 8.00. The molecule has 144 valence electrons. The van der Waals surface area contributed by atoms with Crippen molar-refractivity contribution in [3.8, 4) is 17.2 Å². The number of hydrogen-bond donors (Lipinski definition) is 2. The van der Waals surface area contributed by atoms with Crippen molar-refractivity contribution >= 4 is 17.7 Å². The fourth-order valence-electron chi connectivity index (χ4n) is 3.07. The number of amides is 1. The first kappa shape index (κ1) is 19.3. The average Bonchev–Trinajstić information content (AvgIpc) is 3.05. The van der Waals surface area contributed by atoms with Crippen LogP contribution in [0.25, 0.3) is 0 Å². The summed E-state index contributed by atoms with van der Waals surface area (Å²) in [5.41, 5.74) is 2.39. The van der Waals surface area contributed by atoms with Crippen LogP contribution in [0.2, 0.25) is 0 Å². The summed E-state index contributed by atoms with van der Waals surface area (Å²) in [6, 6.07) is 5.56. The Morgan fingerprint density at radius 1 is 1.30 bits per heavy atom. The minimum Gasteiger partial charge on any atom is -0.506 e. The molecule has 1 aliphatic rings. The molecule has 7 nitrogen and oxygen atoms in total. The lowest BCUT2D eigenvalue weighted by molar-refractivity contribution is -0.128. The predicted octanol–water partition coefficient (Wildman–Crippen LogP) is 2.38. The molecule has 0 saturated carbocycles. The number of aryl methyl sites for hydroxylation is 1. The second kappa shape index (κ2) is 8.06. The first-order valence-corrected chi connectivity index (χ1v) is 9.45. The summed E-state index contributed by atoms with van der Waals surface area (Å²) >= 11 is 1.51. The van der Waals surface area contributed by atoms with Crippen molar-refractivity contribution in [1.82, 2.24) is 9.88 Å². The molecule has 0 bridgehead atoms. The standard InChI is InChI=1S/C19H22N2O5S/c1-11-18(24)14(13(9-22)7-20-11)8-21-17(23)10-27-19(21)12-4-5-15(25-2)16(6-12)26-3/h4-7,19,22,24H,8-10H2,1-3H3. The van der Waals surface area contributed by atoms with Crippen LogP contribution in [0.3, 0.4) is 0 Å². The van der Waals surface area contributed by atoms with E-state index >= 15 is 0 Å². The number of aromatic nitrogens is 1. The number of pyridine rings is 1. The lowest BCUT2D eigenvalue weighted by Gasteiger charge is -2.26. The Morgan fingerprint density at radius 2 is 2.04 bits per heavy atom. The van der Waals surface area contributed by atoms with E-state index in [2.05, 4.69) is 4.98 Å². The van der Waals surface area contributed by atoms with Crippen molar-refractivity contribution in [3.05, 3.63) is 46.8 Å². The van der Waals surface area contributed by atoms with Crippen LogP contribution < -0.4 is 9.47 Å². The maximum atomic E-state index is 12.5. The minimum absolute atomic E-state index is 0.0114. The minimum atomic E-state index is -0.258. The zero-order valence-corrected chi connectivity index (χ0v) is 16.2. The smallest absolute Gasteiger partial charge is 0.234 e. The maximum absolute atomic E-state index is 12.5. The van der Waals surface area contributed by atoms with Gasteiger partial charge >= 0.3 is 0 Å². The first-order valence-electron chi connectivity index (χ1n) is 8.40. The SMILES string of the molecule is COc1ccc(C2SCC(=O)N2Cc2c(CO)cnc(C)c2O)cc1OC. The summed E-state index contributed by atoms with van der Waals surface area (Å²) < 4.78 is 10.6. The Labute approximate surface area is 161 Å². The summed E-state index contributed by atoms with van der Waals surface area (Å²) in [7, 11) is 3.14. The van der Waals surface area contributed by atoms with Gasteiger partial charge in [-0.25, -0.2) is 0 Å². The lowest BCUT2D eigenvalue weighted by atomic mass is 10.1. The van der Waals surface area contributed by atoms with Gasteiger partial charge < -0.3 is 24.6 Å². The normalized spacial score (nSPS) is 16.7. The summed E-state index contributed by atoms with van der Waals surface area (Å²) in [5.74, 6) is 1.54. The molecule has 2 heterocycles. The number of carbonyl (C=O) groups is 1. The molecule has 27 heavy (non-hydrogen) atoms. The van der Waals surface area contributed by atoms with Gasteiger partial charge in [0.25, 0.3) is 0 Å². The molecule has 1 aromatic carbocycles. The third kappa shape index (κ3) is 3.68. The fourth-order valence-corrected chi connectivity index (χ4v) is 4.25. The van der Waals surface area contributed by atoms with Gasteiger partial charge in [0.2, 0.25) is 5.91 Å². The number of ether oxygens (including phenoxy) is 2. The van der Waals surface area contributed by atoms with Crippen molar-refractivity contribution < 1.29 is 24.5 Å². The Balaban J connectivity index is 1.96. The van der Waals surface area contributed by atoms with Gasteiger partial charge in [0.05, 0.1) is 38.8 Å². The van der Waals surface area contributed by atoms with Crippen LogP contribution in [0.15, 0.2) is 24.4 Å². The van der Waals surface area contributed by atoms with Crippen molar-refractivity contribution in [2.24, 2.45) is 0 Å². The largest absolute Gasteiger partial charge is 0.506 e. The number of benzene rings is 1. The van der Waals surface area contributed by atoms with Crippen LogP contribution in [0.1, 0.15) is 27.8 Å². The molecule has 2 aromatic rings. The molecule has 3 rings (SSSR count). The third-order valence-electron chi connectivity index (χ3n) is 4.59. The van der Waals surface area contributed by atoms with Gasteiger partial charge in [0, 0.05) is 17.3 Å². The molecule has 1 aliphatic heterocycles. The molecular formula is C19H22N2O5S. The zero-order chi connectivity index (χ0) is 19.6. The number of aromatic hydroxyl groups is 1. The van der Waals surface area contributed by atoms with Gasteiger partial charge in [-0.3, -0.25) is 9.78 Å². The third-order valence-corrected chi connectivity index (χ3v) is 5.85. The second-order valence-corrected chi connectivity index (χ2v) is 7.22. The molecule has 0 radical (unpaired) electrons. The predicted molar refractivity (Wildman–Crippen MR) is 102 cm³/mol. The average molecular weight is 390 g/mol. The van der Waals surface area contributed by atoms with E-state index in [1.165, 1.54) is 18.0 Å². The highest BCUT2D eigenvalue weighted by atomic mass is 32.2. The molecule has 8 heteroatoms. The van der Waals surface area contributed by atoms with Gasteiger partial charge in [-0.05, 0) is 24.6 Å². The number of aliphatic hydroxyl groups is 1. The number of nitrogens with zero attached hydrogens (tertiary/aromatic N) is 2. The van der Waals surface area contributed by atoms with Crippen molar-refractivity contribution in [1.29, 1.82) is 0 Å². The lowest BCUT2D eigenvalue weighted by Crippen LogP contribution is -2.28. The van der Waals surface area contributed by atoms with E-state index in [4.69, 9.17) is 9.47 Å². The van der Waals surface area contributed by atoms with Gasteiger partial charge in [0.15, 0.2) is 11.5 Å². The molecule has 1 aromatic heterocycles. The van der Waals surface area contributed by atoms with Crippen molar-refractivity contribution in [2.75, 3.05) is 20.0 Å². The molecular weight excluding hydrogens is 368 g/mol. The fraction of sp³-hybridized carbons (Fsp3) is 0.368. The molecule has 1 atom stereocenters. The van der Waals surface area contributed by atoms with Gasteiger partial charge in [-0.2, -0.15) is 0 Å². The van der Waals surface area contributed by atoms with E-state index in [0.717, 1.165) is 5.56 Å². The number of hydrogen-bond acceptors (Lipinski definition) is 7. The van der Waals surface area contributed by atoms with Crippen LogP contribution in [0.5, 0.6) is 17.2 Å². The first-order chi connectivity index (χ1) is 13.0. The van der Waals surface area contributed by atoms with Crippen LogP contribution in [-0.4, -0.2) is 46.0 Å². The number of aliphatic hydroxyl groups excluding tert-OH is 1. The monoisotopic (exact) mass is 390 g/mol. The van der Waals surface area contributed by atoms with Crippen LogP contribution in [-0.2, 0) is 17.9 Å². The maximum Gasteiger partial charge on any atom is 0.234 e. The number of methoxy groups -OCH3 is 2. The molecule has 0 spiro atoms. The highest BCUT2D eigenvalue weighted by Crippen LogP contribution is 2.43. The van der Waals surface area contributed by atoms with E-state index in [0.29, 0.717) is 34.1 Å². The topological polar surface area (TPSA) is 92.1 Å². The Bertz CT molecular complexity index is 858. The van der Waals surface area contributed by atoms with Crippen molar-refractivity contribution in [3.63, 3.8) is 0 Å². The Morgan fingerprint density at radius 3 is 2.70 bits per heavy atom. The van der Waals surface area contributed by atoms with Gasteiger partial charge in [-0.15, -0.1) is 11.8 Å². The van der Waals surface area contributed by atoms with E-state index in [-0.39, 0.29) is 30.2 Å². The second-order valence-electron chi connectivity index (χ2n) is 6.15. The molecule has 2 N–H and O–H groups in total. The van der Waals surface area contributed by atoms with E-state index in [1.54, 1.807) is 26.0 Å². The molecule has 1 saturated heterocycles. The van der Waals surface area contributed by atoms with Crippen molar-refractivity contribution in [2.45, 2.75) is 25.4 Å². The quantitative estimate of drug-likeness (QED) is 0.782. The zero-order valence-electron chi connectivity index (χ0n) is 15.4.